The summed E-state index contributed by atoms with van der Waals surface area (Å²) in [5.74, 6) is 2.25. The second-order valence-electron chi connectivity index (χ2n) is 6.96. The van der Waals surface area contributed by atoms with Crippen LogP contribution in [0.3, 0.4) is 0 Å². The van der Waals surface area contributed by atoms with Crippen LogP contribution in [0.4, 0.5) is 0 Å². The third-order valence-electron chi connectivity index (χ3n) is 4.98. The number of amides is 1. The van der Waals surface area contributed by atoms with Gasteiger partial charge in [0.1, 0.15) is 5.69 Å². The van der Waals surface area contributed by atoms with Gasteiger partial charge >= 0.3 is 0 Å². The Kier molecular flexibility index (Phi) is 3.58. The number of nitrogens with one attached hydrogen (secondary N) is 1. The van der Waals surface area contributed by atoms with Crippen molar-refractivity contribution >= 4 is 11.6 Å². The quantitative estimate of drug-likeness (QED) is 0.741. The Morgan fingerprint density at radius 1 is 1.23 bits per heavy atom. The van der Waals surface area contributed by atoms with Gasteiger partial charge in [0.05, 0.1) is 6.61 Å². The first-order chi connectivity index (χ1) is 12.8. The van der Waals surface area contributed by atoms with Crippen LogP contribution in [0.25, 0.3) is 5.65 Å². The number of aromatic amines is 1. The molecule has 1 saturated carbocycles. The molecule has 3 aromatic rings. The van der Waals surface area contributed by atoms with E-state index < -0.39 is 0 Å². The van der Waals surface area contributed by atoms with E-state index in [1.165, 1.54) is 0 Å². The molecule has 0 aromatic carbocycles. The molecule has 134 valence electrons. The standard InChI is InChI=1S/C17H19N7O2/c25-17(13-5-7-18-19-13)23-8-6-11(9-23)10-26-15-4-3-14-20-21-16(12-1-2-12)24(14)22-15/h3-5,7,11-12H,1-2,6,8-10H2,(H,18,19). The molecule has 2 fully saturated rings. The van der Waals surface area contributed by atoms with E-state index >= 15 is 0 Å². The van der Waals surface area contributed by atoms with Crippen molar-refractivity contribution in [3.05, 3.63) is 35.9 Å². The highest BCUT2D eigenvalue weighted by atomic mass is 16.5. The van der Waals surface area contributed by atoms with Gasteiger partial charge in [0, 0.05) is 37.2 Å². The molecule has 1 aliphatic heterocycles. The number of hydrogen-bond acceptors (Lipinski definition) is 6. The fourth-order valence-electron chi connectivity index (χ4n) is 3.36. The maximum absolute atomic E-state index is 12.3. The summed E-state index contributed by atoms with van der Waals surface area (Å²) in [7, 11) is 0. The number of carbonyl (C=O) groups excluding carboxylic acids is 1. The lowest BCUT2D eigenvalue weighted by atomic mass is 10.1. The first-order valence-electron chi connectivity index (χ1n) is 8.92. The maximum atomic E-state index is 12.3. The average Bonchev–Trinajstić information content (AvgIpc) is 3.10. The monoisotopic (exact) mass is 353 g/mol. The molecule has 1 amide bonds. The van der Waals surface area contributed by atoms with Gasteiger partial charge in [-0.2, -0.15) is 9.61 Å². The summed E-state index contributed by atoms with van der Waals surface area (Å²) in [4.78, 5) is 14.2. The maximum Gasteiger partial charge on any atom is 0.271 e. The van der Waals surface area contributed by atoms with E-state index in [0.717, 1.165) is 37.3 Å². The molecule has 26 heavy (non-hydrogen) atoms. The smallest absolute Gasteiger partial charge is 0.271 e. The summed E-state index contributed by atoms with van der Waals surface area (Å²) in [6.07, 6.45) is 4.81. The topological polar surface area (TPSA) is 101 Å². The zero-order valence-electron chi connectivity index (χ0n) is 14.2. The number of carbonyl (C=O) groups is 1. The third kappa shape index (κ3) is 2.79. The molecule has 1 N–H and O–H groups in total. The van der Waals surface area contributed by atoms with Crippen LogP contribution in [0.2, 0.25) is 0 Å². The Labute approximate surface area is 149 Å². The Morgan fingerprint density at radius 3 is 2.96 bits per heavy atom. The van der Waals surface area contributed by atoms with Gasteiger partial charge in [0.15, 0.2) is 11.5 Å². The number of rotatable bonds is 5. The van der Waals surface area contributed by atoms with E-state index in [4.69, 9.17) is 4.74 Å². The summed E-state index contributed by atoms with van der Waals surface area (Å²) in [6.45, 7) is 1.95. The van der Waals surface area contributed by atoms with Gasteiger partial charge in [0.2, 0.25) is 5.88 Å². The lowest BCUT2D eigenvalue weighted by Crippen LogP contribution is -2.29. The van der Waals surface area contributed by atoms with E-state index in [1.54, 1.807) is 16.8 Å². The summed E-state index contributed by atoms with van der Waals surface area (Å²) in [5, 5.41) is 19.5. The first kappa shape index (κ1) is 15.3. The molecule has 1 atom stereocenters. The van der Waals surface area contributed by atoms with E-state index in [-0.39, 0.29) is 5.91 Å². The Balaban J connectivity index is 1.22. The lowest BCUT2D eigenvalue weighted by Gasteiger charge is -2.15. The van der Waals surface area contributed by atoms with Crippen molar-refractivity contribution in [2.45, 2.75) is 25.2 Å². The number of ether oxygens (including phenoxy) is 1. The summed E-state index contributed by atoms with van der Waals surface area (Å²) in [6, 6.07) is 5.40. The second-order valence-corrected chi connectivity index (χ2v) is 6.96. The number of aromatic nitrogens is 6. The second kappa shape index (κ2) is 6.08. The van der Waals surface area contributed by atoms with Crippen molar-refractivity contribution in [2.75, 3.05) is 19.7 Å². The number of hydrogen-bond donors (Lipinski definition) is 1. The molecular weight excluding hydrogens is 334 g/mol. The lowest BCUT2D eigenvalue weighted by molar-refractivity contribution is 0.0777. The Bertz CT molecular complexity index is 932. The Morgan fingerprint density at radius 2 is 2.15 bits per heavy atom. The van der Waals surface area contributed by atoms with Crippen LogP contribution < -0.4 is 4.74 Å². The van der Waals surface area contributed by atoms with E-state index in [0.29, 0.717) is 36.6 Å². The molecule has 9 heteroatoms. The number of likely N-dealkylation sites (tertiary alicyclic amines) is 1. The first-order valence-corrected chi connectivity index (χ1v) is 8.92. The molecule has 0 bridgehead atoms. The number of fused-ring (bicyclic) bond motifs is 1. The molecular formula is C17H19N7O2. The fraction of sp³-hybridized carbons (Fsp3) is 0.471. The molecule has 9 nitrogen and oxygen atoms in total. The minimum absolute atomic E-state index is 0.0110. The van der Waals surface area contributed by atoms with Gasteiger partial charge < -0.3 is 9.64 Å². The molecule has 1 aliphatic carbocycles. The van der Waals surface area contributed by atoms with Gasteiger partial charge in [-0.1, -0.05) is 0 Å². The molecule has 2 aliphatic rings. The van der Waals surface area contributed by atoms with Gasteiger partial charge in [-0.25, -0.2) is 0 Å². The summed E-state index contributed by atoms with van der Waals surface area (Å²) < 4.78 is 7.68. The van der Waals surface area contributed by atoms with Crippen LogP contribution in [0, 0.1) is 5.92 Å². The molecule has 1 saturated heterocycles. The van der Waals surface area contributed by atoms with Crippen molar-refractivity contribution in [1.29, 1.82) is 0 Å². The van der Waals surface area contributed by atoms with E-state index in [2.05, 4.69) is 25.5 Å². The summed E-state index contributed by atoms with van der Waals surface area (Å²) in [5.41, 5.74) is 1.27. The van der Waals surface area contributed by atoms with Gasteiger partial charge in [-0.05, 0) is 31.4 Å². The zero-order valence-corrected chi connectivity index (χ0v) is 14.2. The fourth-order valence-corrected chi connectivity index (χ4v) is 3.36. The molecule has 0 radical (unpaired) electrons. The largest absolute Gasteiger partial charge is 0.476 e. The van der Waals surface area contributed by atoms with Gasteiger partial charge in [0.25, 0.3) is 5.91 Å². The molecule has 5 rings (SSSR count). The predicted molar refractivity (Wildman–Crippen MR) is 90.9 cm³/mol. The van der Waals surface area contributed by atoms with Crippen molar-refractivity contribution in [1.82, 2.24) is 34.9 Å². The summed E-state index contributed by atoms with van der Waals surface area (Å²) >= 11 is 0. The molecule has 4 heterocycles. The van der Waals surface area contributed by atoms with E-state index in [1.807, 2.05) is 17.0 Å². The van der Waals surface area contributed by atoms with Crippen molar-refractivity contribution in [3.8, 4) is 5.88 Å². The SMILES string of the molecule is O=C(c1ccn[nH]1)N1CCC(COc2ccc3nnc(C4CC4)n3n2)C1. The van der Waals surface area contributed by atoms with Crippen molar-refractivity contribution in [3.63, 3.8) is 0 Å². The molecule has 3 aromatic heterocycles. The van der Waals surface area contributed by atoms with Crippen LogP contribution in [0.5, 0.6) is 5.88 Å². The van der Waals surface area contributed by atoms with Crippen LogP contribution in [-0.4, -0.2) is 60.5 Å². The predicted octanol–water partition coefficient (Wildman–Crippen LogP) is 1.27. The van der Waals surface area contributed by atoms with Gasteiger partial charge in [-0.3, -0.25) is 9.89 Å². The highest BCUT2D eigenvalue weighted by Gasteiger charge is 2.30. The minimum atomic E-state index is -0.0110. The average molecular weight is 353 g/mol. The van der Waals surface area contributed by atoms with E-state index in [9.17, 15) is 4.79 Å². The minimum Gasteiger partial charge on any atom is -0.476 e. The van der Waals surface area contributed by atoms with Crippen LogP contribution in [-0.2, 0) is 0 Å². The zero-order chi connectivity index (χ0) is 17.5. The van der Waals surface area contributed by atoms with Crippen molar-refractivity contribution < 1.29 is 9.53 Å². The van der Waals surface area contributed by atoms with Crippen LogP contribution in [0.15, 0.2) is 24.4 Å². The highest BCUT2D eigenvalue weighted by molar-refractivity contribution is 5.92. The molecule has 1 unspecified atom stereocenters. The highest BCUT2D eigenvalue weighted by Crippen LogP contribution is 2.38. The Hall–Kier alpha value is -2.97. The van der Waals surface area contributed by atoms with Gasteiger partial charge in [-0.15, -0.1) is 15.3 Å². The van der Waals surface area contributed by atoms with Crippen LogP contribution in [0.1, 0.15) is 41.5 Å². The van der Waals surface area contributed by atoms with Crippen molar-refractivity contribution in [2.24, 2.45) is 5.92 Å². The normalized spacial score (nSPS) is 20.0. The van der Waals surface area contributed by atoms with Crippen LogP contribution >= 0.6 is 0 Å². The third-order valence-corrected chi connectivity index (χ3v) is 4.98. The number of H-pyrrole nitrogens is 1. The molecule has 0 spiro atoms. The number of nitrogens with zero attached hydrogens (tertiary/aromatic N) is 6.